The summed E-state index contributed by atoms with van der Waals surface area (Å²) < 4.78 is 0. The first-order valence-electron chi connectivity index (χ1n) is 6.26. The lowest BCUT2D eigenvalue weighted by molar-refractivity contribution is 0.263. The predicted octanol–water partition coefficient (Wildman–Crippen LogP) is 3.69. The van der Waals surface area contributed by atoms with Gasteiger partial charge in [-0.2, -0.15) is 0 Å². The lowest BCUT2D eigenvalue weighted by Crippen LogP contribution is -2.26. The Balaban J connectivity index is 2.09. The number of rotatable bonds is 2. The molecule has 1 aliphatic heterocycles. The van der Waals surface area contributed by atoms with Gasteiger partial charge in [-0.25, -0.2) is 4.98 Å². The molecule has 1 unspecified atom stereocenters. The van der Waals surface area contributed by atoms with E-state index in [1.54, 1.807) is 0 Å². The van der Waals surface area contributed by atoms with Gasteiger partial charge >= 0.3 is 0 Å². The molecule has 2 rings (SSSR count). The number of hydrogen-bond acceptors (Lipinski definition) is 2. The van der Waals surface area contributed by atoms with E-state index in [0.29, 0.717) is 11.3 Å². The van der Waals surface area contributed by atoms with Gasteiger partial charge < -0.3 is 4.90 Å². The molecule has 1 atom stereocenters. The van der Waals surface area contributed by atoms with E-state index in [0.717, 1.165) is 30.4 Å². The van der Waals surface area contributed by atoms with E-state index >= 15 is 0 Å². The lowest BCUT2D eigenvalue weighted by Gasteiger charge is -2.27. The van der Waals surface area contributed by atoms with Crippen LogP contribution in [-0.4, -0.2) is 18.1 Å². The standard InChI is InChI=1S/C14H21ClN2/c1-14(2,3)12-5-7-17(10-12)13-8-11(9-15)4-6-16-13/h4,6,8,12H,5,7,9-10H2,1-3H3. The number of hydrogen-bond donors (Lipinski definition) is 0. The van der Waals surface area contributed by atoms with Gasteiger partial charge in [0.15, 0.2) is 0 Å². The third kappa shape index (κ3) is 2.92. The highest BCUT2D eigenvalue weighted by Gasteiger charge is 2.32. The van der Waals surface area contributed by atoms with Crippen molar-refractivity contribution in [2.45, 2.75) is 33.1 Å². The van der Waals surface area contributed by atoms with Crippen LogP contribution < -0.4 is 4.90 Å². The van der Waals surface area contributed by atoms with E-state index in [9.17, 15) is 0 Å². The molecular formula is C14H21ClN2. The Hall–Kier alpha value is -0.760. The summed E-state index contributed by atoms with van der Waals surface area (Å²) >= 11 is 5.86. The predicted molar refractivity (Wildman–Crippen MR) is 73.6 cm³/mol. The zero-order valence-electron chi connectivity index (χ0n) is 10.9. The average molecular weight is 253 g/mol. The van der Waals surface area contributed by atoms with Gasteiger partial charge in [0.2, 0.25) is 0 Å². The molecule has 0 bridgehead atoms. The Kier molecular flexibility index (Phi) is 3.62. The van der Waals surface area contributed by atoms with Crippen molar-refractivity contribution in [2.24, 2.45) is 11.3 Å². The molecule has 0 saturated carbocycles. The van der Waals surface area contributed by atoms with Crippen LogP contribution in [0.1, 0.15) is 32.8 Å². The topological polar surface area (TPSA) is 16.1 Å². The van der Waals surface area contributed by atoms with E-state index < -0.39 is 0 Å². The van der Waals surface area contributed by atoms with Gasteiger partial charge in [0.1, 0.15) is 5.82 Å². The van der Waals surface area contributed by atoms with Crippen molar-refractivity contribution in [3.05, 3.63) is 23.9 Å². The largest absolute Gasteiger partial charge is 0.356 e. The van der Waals surface area contributed by atoms with E-state index in [2.05, 4.69) is 36.7 Å². The highest BCUT2D eigenvalue weighted by molar-refractivity contribution is 6.17. The maximum atomic E-state index is 5.86. The second kappa shape index (κ2) is 4.85. The third-order valence-electron chi connectivity index (χ3n) is 3.70. The second-order valence-corrected chi connectivity index (χ2v) is 6.22. The average Bonchev–Trinajstić information content (AvgIpc) is 2.78. The number of anilines is 1. The van der Waals surface area contributed by atoms with Crippen molar-refractivity contribution in [3.63, 3.8) is 0 Å². The maximum Gasteiger partial charge on any atom is 0.128 e. The van der Waals surface area contributed by atoms with Crippen LogP contribution in [0.15, 0.2) is 18.3 Å². The van der Waals surface area contributed by atoms with Gasteiger partial charge in [0.05, 0.1) is 0 Å². The summed E-state index contributed by atoms with van der Waals surface area (Å²) in [6, 6.07) is 4.09. The highest BCUT2D eigenvalue weighted by atomic mass is 35.5. The van der Waals surface area contributed by atoms with Crippen LogP contribution in [0.4, 0.5) is 5.82 Å². The number of alkyl halides is 1. The maximum absolute atomic E-state index is 5.86. The smallest absolute Gasteiger partial charge is 0.128 e. The van der Waals surface area contributed by atoms with Crippen LogP contribution >= 0.6 is 11.6 Å². The molecule has 0 aromatic carbocycles. The molecule has 1 aromatic rings. The molecule has 0 aliphatic carbocycles. The molecule has 1 fully saturated rings. The quantitative estimate of drug-likeness (QED) is 0.747. The fourth-order valence-electron chi connectivity index (χ4n) is 2.39. The molecule has 2 heterocycles. The van der Waals surface area contributed by atoms with Gasteiger partial charge in [-0.15, -0.1) is 11.6 Å². The van der Waals surface area contributed by atoms with Crippen molar-refractivity contribution in [3.8, 4) is 0 Å². The highest BCUT2D eigenvalue weighted by Crippen LogP contribution is 2.35. The van der Waals surface area contributed by atoms with Gasteiger partial charge in [-0.05, 0) is 35.4 Å². The zero-order valence-corrected chi connectivity index (χ0v) is 11.7. The molecule has 94 valence electrons. The summed E-state index contributed by atoms with van der Waals surface area (Å²) in [5.41, 5.74) is 1.54. The first-order valence-corrected chi connectivity index (χ1v) is 6.80. The summed E-state index contributed by atoms with van der Waals surface area (Å²) in [5.74, 6) is 2.39. The minimum atomic E-state index is 0.388. The van der Waals surface area contributed by atoms with Gasteiger partial charge in [-0.3, -0.25) is 0 Å². The zero-order chi connectivity index (χ0) is 12.5. The van der Waals surface area contributed by atoms with E-state index in [4.69, 9.17) is 11.6 Å². The van der Waals surface area contributed by atoms with Crippen molar-refractivity contribution in [1.29, 1.82) is 0 Å². The van der Waals surface area contributed by atoms with E-state index in [1.807, 2.05) is 12.3 Å². The molecule has 1 aliphatic rings. The fourth-order valence-corrected chi connectivity index (χ4v) is 2.56. The Labute approximate surface area is 109 Å². The van der Waals surface area contributed by atoms with Crippen molar-refractivity contribution < 1.29 is 0 Å². The van der Waals surface area contributed by atoms with Crippen LogP contribution in [0, 0.1) is 11.3 Å². The molecule has 17 heavy (non-hydrogen) atoms. The van der Waals surface area contributed by atoms with Crippen molar-refractivity contribution in [1.82, 2.24) is 4.98 Å². The van der Waals surface area contributed by atoms with E-state index in [1.165, 1.54) is 6.42 Å². The second-order valence-electron chi connectivity index (χ2n) is 5.95. The summed E-state index contributed by atoms with van der Waals surface area (Å²) in [6.45, 7) is 9.19. The monoisotopic (exact) mass is 252 g/mol. The molecule has 0 radical (unpaired) electrons. The minimum absolute atomic E-state index is 0.388. The van der Waals surface area contributed by atoms with Gasteiger partial charge in [-0.1, -0.05) is 20.8 Å². The van der Waals surface area contributed by atoms with Gasteiger partial charge in [0.25, 0.3) is 0 Å². The molecule has 1 aromatic heterocycles. The van der Waals surface area contributed by atoms with Crippen molar-refractivity contribution in [2.75, 3.05) is 18.0 Å². The van der Waals surface area contributed by atoms with Crippen LogP contribution in [-0.2, 0) is 5.88 Å². The summed E-state index contributed by atoms with van der Waals surface area (Å²) in [6.07, 6.45) is 3.12. The first-order chi connectivity index (χ1) is 8.00. The summed E-state index contributed by atoms with van der Waals surface area (Å²) in [5, 5.41) is 0. The number of halogens is 1. The normalized spacial score (nSPS) is 20.9. The minimum Gasteiger partial charge on any atom is -0.356 e. The van der Waals surface area contributed by atoms with Crippen LogP contribution in [0.2, 0.25) is 0 Å². The Bertz CT molecular complexity index is 384. The lowest BCUT2D eigenvalue weighted by atomic mass is 9.80. The molecule has 2 nitrogen and oxygen atoms in total. The Morgan fingerprint density at radius 2 is 2.24 bits per heavy atom. The molecule has 0 N–H and O–H groups in total. The van der Waals surface area contributed by atoms with Crippen LogP contribution in [0.3, 0.4) is 0 Å². The SMILES string of the molecule is CC(C)(C)C1CCN(c2cc(CCl)ccn2)C1. The number of nitrogens with zero attached hydrogens (tertiary/aromatic N) is 2. The molecular weight excluding hydrogens is 232 g/mol. The Morgan fingerprint density at radius 1 is 1.47 bits per heavy atom. The summed E-state index contributed by atoms with van der Waals surface area (Å²) in [7, 11) is 0. The van der Waals surface area contributed by atoms with Gasteiger partial charge in [0, 0.05) is 25.2 Å². The molecule has 1 saturated heterocycles. The Morgan fingerprint density at radius 3 is 2.82 bits per heavy atom. The molecule has 0 amide bonds. The third-order valence-corrected chi connectivity index (χ3v) is 4.01. The van der Waals surface area contributed by atoms with Crippen LogP contribution in [0.25, 0.3) is 0 Å². The summed E-state index contributed by atoms with van der Waals surface area (Å²) in [4.78, 5) is 6.83. The fraction of sp³-hybridized carbons (Fsp3) is 0.643. The molecule has 3 heteroatoms. The van der Waals surface area contributed by atoms with Crippen LogP contribution in [0.5, 0.6) is 0 Å². The number of pyridine rings is 1. The molecule has 0 spiro atoms. The van der Waals surface area contributed by atoms with Crippen molar-refractivity contribution >= 4 is 17.4 Å². The number of aromatic nitrogens is 1. The first kappa shape index (κ1) is 12.7. The van der Waals surface area contributed by atoms with E-state index in [-0.39, 0.29) is 0 Å².